The van der Waals surface area contributed by atoms with E-state index < -0.39 is 6.10 Å². The zero-order chi connectivity index (χ0) is 14.0. The molecule has 1 aromatic rings. The van der Waals surface area contributed by atoms with Gasteiger partial charge in [-0.2, -0.15) is 0 Å². The minimum atomic E-state index is -0.472. The highest BCUT2D eigenvalue weighted by molar-refractivity contribution is 6.30. The summed E-state index contributed by atoms with van der Waals surface area (Å²) in [7, 11) is 0. The topological polar surface area (TPSA) is 41.5 Å². The van der Waals surface area contributed by atoms with Gasteiger partial charge < -0.3 is 15.2 Å². The number of aliphatic hydroxyl groups excluding tert-OH is 1. The van der Waals surface area contributed by atoms with Crippen LogP contribution in [-0.4, -0.2) is 30.9 Å². The van der Waals surface area contributed by atoms with Crippen LogP contribution in [0.5, 0.6) is 5.75 Å². The molecule has 20 heavy (non-hydrogen) atoms. The van der Waals surface area contributed by atoms with Gasteiger partial charge in [-0.05, 0) is 61.3 Å². The summed E-state index contributed by atoms with van der Waals surface area (Å²) < 4.78 is 5.53. The standard InChI is InChI=1S/C16H22ClNO2/c17-13-3-5-15(6-4-13)20-10-14(19)9-18-11-16(7-8-16)12-1-2-12/h3-6,12,14,18-19H,1-2,7-11H2. The predicted octanol–water partition coefficient (Wildman–Crippen LogP) is 2.86. The average molecular weight is 296 g/mol. The van der Waals surface area contributed by atoms with Gasteiger partial charge in [0.15, 0.2) is 0 Å². The minimum Gasteiger partial charge on any atom is -0.491 e. The number of hydrogen-bond acceptors (Lipinski definition) is 3. The molecule has 1 atom stereocenters. The largest absolute Gasteiger partial charge is 0.491 e. The first-order valence-electron chi connectivity index (χ1n) is 7.45. The molecule has 0 aliphatic heterocycles. The molecule has 2 aliphatic carbocycles. The summed E-state index contributed by atoms with van der Waals surface area (Å²) >= 11 is 5.81. The Morgan fingerprint density at radius 2 is 2.00 bits per heavy atom. The van der Waals surface area contributed by atoms with Crippen molar-refractivity contribution in [3.8, 4) is 5.75 Å². The van der Waals surface area contributed by atoms with Gasteiger partial charge in [0, 0.05) is 18.1 Å². The van der Waals surface area contributed by atoms with Crippen LogP contribution in [-0.2, 0) is 0 Å². The predicted molar refractivity (Wildman–Crippen MR) is 80.2 cm³/mol. The summed E-state index contributed by atoms with van der Waals surface area (Å²) in [6, 6.07) is 7.20. The van der Waals surface area contributed by atoms with E-state index in [-0.39, 0.29) is 0 Å². The van der Waals surface area contributed by atoms with Gasteiger partial charge in [-0.1, -0.05) is 11.6 Å². The van der Waals surface area contributed by atoms with Gasteiger partial charge in [0.25, 0.3) is 0 Å². The monoisotopic (exact) mass is 295 g/mol. The van der Waals surface area contributed by atoms with Gasteiger partial charge in [0.1, 0.15) is 18.5 Å². The molecule has 2 aliphatic rings. The summed E-state index contributed by atoms with van der Waals surface area (Å²) in [5, 5.41) is 14.0. The van der Waals surface area contributed by atoms with E-state index >= 15 is 0 Å². The Balaban J connectivity index is 1.33. The fourth-order valence-corrected chi connectivity index (χ4v) is 2.98. The van der Waals surface area contributed by atoms with E-state index in [9.17, 15) is 5.11 Å². The fraction of sp³-hybridized carbons (Fsp3) is 0.625. The number of benzene rings is 1. The van der Waals surface area contributed by atoms with Gasteiger partial charge in [-0.3, -0.25) is 0 Å². The lowest BCUT2D eigenvalue weighted by atomic mass is 10.0. The molecular weight excluding hydrogens is 274 g/mol. The smallest absolute Gasteiger partial charge is 0.119 e. The zero-order valence-electron chi connectivity index (χ0n) is 11.6. The minimum absolute atomic E-state index is 0.311. The SMILES string of the molecule is OC(CNCC1(C2CC2)CC1)COc1ccc(Cl)cc1. The first kappa shape index (κ1) is 14.2. The van der Waals surface area contributed by atoms with Crippen LogP contribution in [0.25, 0.3) is 0 Å². The quantitative estimate of drug-likeness (QED) is 0.775. The average Bonchev–Trinajstić information content (AvgIpc) is 3.30. The molecule has 0 heterocycles. The van der Waals surface area contributed by atoms with Crippen LogP contribution in [0.2, 0.25) is 5.02 Å². The molecule has 0 aromatic heterocycles. The van der Waals surface area contributed by atoms with E-state index in [1.54, 1.807) is 12.1 Å². The van der Waals surface area contributed by atoms with E-state index in [4.69, 9.17) is 16.3 Å². The van der Waals surface area contributed by atoms with E-state index in [1.807, 2.05) is 12.1 Å². The van der Waals surface area contributed by atoms with Crippen molar-refractivity contribution in [3.05, 3.63) is 29.3 Å². The summed E-state index contributed by atoms with van der Waals surface area (Å²) in [5.74, 6) is 1.70. The van der Waals surface area contributed by atoms with Gasteiger partial charge in [0.2, 0.25) is 0 Å². The van der Waals surface area contributed by atoms with Gasteiger partial charge >= 0.3 is 0 Å². The lowest BCUT2D eigenvalue weighted by Crippen LogP contribution is -2.35. The highest BCUT2D eigenvalue weighted by atomic mass is 35.5. The molecule has 2 fully saturated rings. The lowest BCUT2D eigenvalue weighted by Gasteiger charge is -2.17. The second kappa shape index (κ2) is 5.92. The molecule has 2 N–H and O–H groups in total. The maximum absolute atomic E-state index is 9.92. The van der Waals surface area contributed by atoms with Crippen molar-refractivity contribution in [3.63, 3.8) is 0 Å². The second-order valence-electron chi connectivity index (χ2n) is 6.19. The number of aliphatic hydroxyl groups is 1. The van der Waals surface area contributed by atoms with Crippen molar-refractivity contribution >= 4 is 11.6 Å². The third-order valence-corrected chi connectivity index (χ3v) is 4.70. The third-order valence-electron chi connectivity index (χ3n) is 4.45. The normalized spacial score (nSPS) is 21.5. The number of rotatable bonds is 8. The molecule has 0 amide bonds. The van der Waals surface area contributed by atoms with E-state index in [0.29, 0.717) is 23.6 Å². The first-order valence-corrected chi connectivity index (χ1v) is 7.83. The van der Waals surface area contributed by atoms with Gasteiger partial charge in [-0.25, -0.2) is 0 Å². The van der Waals surface area contributed by atoms with E-state index in [1.165, 1.54) is 25.7 Å². The van der Waals surface area contributed by atoms with Crippen molar-refractivity contribution in [1.82, 2.24) is 5.32 Å². The van der Waals surface area contributed by atoms with Crippen LogP contribution in [0, 0.1) is 11.3 Å². The van der Waals surface area contributed by atoms with Gasteiger partial charge in [-0.15, -0.1) is 0 Å². The molecule has 4 heteroatoms. The Bertz CT molecular complexity index is 440. The van der Waals surface area contributed by atoms with Crippen LogP contribution in [0.15, 0.2) is 24.3 Å². The number of halogens is 1. The maximum atomic E-state index is 9.92. The molecular formula is C16H22ClNO2. The second-order valence-corrected chi connectivity index (χ2v) is 6.62. The molecule has 0 radical (unpaired) electrons. The third kappa shape index (κ3) is 3.66. The fourth-order valence-electron chi connectivity index (χ4n) is 2.86. The zero-order valence-corrected chi connectivity index (χ0v) is 12.4. The molecule has 0 spiro atoms. The van der Waals surface area contributed by atoms with Crippen LogP contribution in [0.1, 0.15) is 25.7 Å². The highest BCUT2D eigenvalue weighted by Gasteiger charge is 2.53. The Kier molecular flexibility index (Phi) is 4.20. The number of ether oxygens (including phenoxy) is 1. The Hall–Kier alpha value is -0.770. The van der Waals surface area contributed by atoms with Crippen molar-refractivity contribution in [2.45, 2.75) is 31.8 Å². The maximum Gasteiger partial charge on any atom is 0.119 e. The molecule has 0 saturated heterocycles. The summed E-state index contributed by atoms with van der Waals surface area (Å²) in [4.78, 5) is 0. The Morgan fingerprint density at radius 1 is 1.30 bits per heavy atom. The molecule has 1 aromatic carbocycles. The van der Waals surface area contributed by atoms with Crippen molar-refractivity contribution in [1.29, 1.82) is 0 Å². The molecule has 2 saturated carbocycles. The van der Waals surface area contributed by atoms with Crippen LogP contribution in [0.3, 0.4) is 0 Å². The van der Waals surface area contributed by atoms with E-state index in [0.717, 1.165) is 18.2 Å². The Morgan fingerprint density at radius 3 is 2.60 bits per heavy atom. The molecule has 1 unspecified atom stereocenters. The summed E-state index contributed by atoms with van der Waals surface area (Å²) in [5.41, 5.74) is 0.580. The Labute approximate surface area is 125 Å². The number of hydrogen-bond donors (Lipinski definition) is 2. The molecule has 0 bridgehead atoms. The van der Waals surface area contributed by atoms with Crippen LogP contribution < -0.4 is 10.1 Å². The summed E-state index contributed by atoms with van der Waals surface area (Å²) in [6.45, 7) is 1.96. The van der Waals surface area contributed by atoms with Crippen LogP contribution in [0.4, 0.5) is 0 Å². The van der Waals surface area contributed by atoms with Crippen LogP contribution >= 0.6 is 11.6 Å². The lowest BCUT2D eigenvalue weighted by molar-refractivity contribution is 0.104. The summed E-state index contributed by atoms with van der Waals surface area (Å²) in [6.07, 6.45) is 5.07. The molecule has 110 valence electrons. The molecule has 3 nitrogen and oxygen atoms in total. The van der Waals surface area contributed by atoms with Gasteiger partial charge in [0.05, 0.1) is 0 Å². The highest BCUT2D eigenvalue weighted by Crippen LogP contribution is 2.60. The van der Waals surface area contributed by atoms with E-state index in [2.05, 4.69) is 5.32 Å². The van der Waals surface area contributed by atoms with Crippen molar-refractivity contribution in [2.24, 2.45) is 11.3 Å². The van der Waals surface area contributed by atoms with Crippen molar-refractivity contribution < 1.29 is 9.84 Å². The molecule has 3 rings (SSSR count). The first-order chi connectivity index (χ1) is 9.68. The van der Waals surface area contributed by atoms with Crippen molar-refractivity contribution in [2.75, 3.05) is 19.7 Å². The number of nitrogens with one attached hydrogen (secondary N) is 1.